The highest BCUT2D eigenvalue weighted by Crippen LogP contribution is 2.35. The highest BCUT2D eigenvalue weighted by molar-refractivity contribution is 8.00. The topological polar surface area (TPSA) is 88.9 Å². The van der Waals surface area contributed by atoms with E-state index >= 15 is 0 Å². The standard InChI is InChI=1S/C19H19N5O2S/c1-2-20-18(26)22-17(25)16(14-9-5-3-6-10-14)27-19-23-21-13-24(19)15-11-7-4-8-12-15/h3-13,16H,2H2,1H3,(H2,20,22,25,26)/t16-/m1/s1. The number of rotatable bonds is 6. The molecule has 0 aliphatic heterocycles. The van der Waals surface area contributed by atoms with E-state index in [0.717, 1.165) is 11.3 Å². The molecule has 3 rings (SSSR count). The fourth-order valence-electron chi connectivity index (χ4n) is 2.46. The summed E-state index contributed by atoms with van der Waals surface area (Å²) in [5.74, 6) is -0.417. The summed E-state index contributed by atoms with van der Waals surface area (Å²) < 4.78 is 1.81. The fraction of sp³-hybridized carbons (Fsp3) is 0.158. The van der Waals surface area contributed by atoms with Crippen molar-refractivity contribution in [2.75, 3.05) is 6.54 Å². The molecule has 1 atom stereocenters. The van der Waals surface area contributed by atoms with E-state index in [1.54, 1.807) is 17.8 Å². The van der Waals surface area contributed by atoms with Crippen molar-refractivity contribution in [3.63, 3.8) is 0 Å². The number of carbonyl (C=O) groups is 2. The van der Waals surface area contributed by atoms with Gasteiger partial charge in [-0.15, -0.1) is 10.2 Å². The van der Waals surface area contributed by atoms with E-state index < -0.39 is 17.2 Å². The number of para-hydroxylation sites is 1. The molecule has 0 unspecified atom stereocenters. The first-order chi connectivity index (χ1) is 13.2. The van der Waals surface area contributed by atoms with Gasteiger partial charge in [0.15, 0.2) is 5.16 Å². The Morgan fingerprint density at radius 2 is 1.74 bits per heavy atom. The van der Waals surface area contributed by atoms with Crippen molar-refractivity contribution < 1.29 is 9.59 Å². The lowest BCUT2D eigenvalue weighted by molar-refractivity contribution is -0.119. The van der Waals surface area contributed by atoms with Crippen molar-refractivity contribution in [1.29, 1.82) is 0 Å². The molecular formula is C19H19N5O2S. The van der Waals surface area contributed by atoms with Gasteiger partial charge in [-0.05, 0) is 24.6 Å². The number of nitrogens with one attached hydrogen (secondary N) is 2. The number of nitrogens with zero attached hydrogens (tertiary/aromatic N) is 3. The van der Waals surface area contributed by atoms with Crippen LogP contribution in [-0.4, -0.2) is 33.2 Å². The predicted octanol–water partition coefficient (Wildman–Crippen LogP) is 2.95. The van der Waals surface area contributed by atoms with Gasteiger partial charge in [-0.2, -0.15) is 0 Å². The number of amides is 3. The predicted molar refractivity (Wildman–Crippen MR) is 104 cm³/mol. The first-order valence-corrected chi connectivity index (χ1v) is 9.32. The smallest absolute Gasteiger partial charge is 0.321 e. The molecule has 3 amide bonds. The molecule has 2 N–H and O–H groups in total. The minimum absolute atomic E-state index is 0.417. The summed E-state index contributed by atoms with van der Waals surface area (Å²) in [5.41, 5.74) is 1.66. The number of aromatic nitrogens is 3. The summed E-state index contributed by atoms with van der Waals surface area (Å²) in [6, 6.07) is 18.4. The molecule has 27 heavy (non-hydrogen) atoms. The summed E-state index contributed by atoms with van der Waals surface area (Å²) in [5, 5.41) is 13.0. The average molecular weight is 381 g/mol. The van der Waals surface area contributed by atoms with Gasteiger partial charge >= 0.3 is 6.03 Å². The second kappa shape index (κ2) is 9.00. The second-order valence-corrected chi connectivity index (χ2v) is 6.65. The quantitative estimate of drug-likeness (QED) is 0.641. The van der Waals surface area contributed by atoms with Gasteiger partial charge in [0.1, 0.15) is 11.6 Å². The molecule has 0 saturated carbocycles. The lowest BCUT2D eigenvalue weighted by Gasteiger charge is -2.16. The van der Waals surface area contributed by atoms with E-state index in [4.69, 9.17) is 0 Å². The monoisotopic (exact) mass is 381 g/mol. The Balaban J connectivity index is 1.88. The Morgan fingerprint density at radius 3 is 2.41 bits per heavy atom. The molecule has 0 aliphatic rings. The first kappa shape index (κ1) is 18.7. The van der Waals surface area contributed by atoms with Crippen LogP contribution in [0.3, 0.4) is 0 Å². The highest BCUT2D eigenvalue weighted by atomic mass is 32.2. The van der Waals surface area contributed by atoms with Crippen LogP contribution in [0.1, 0.15) is 17.7 Å². The molecule has 0 saturated heterocycles. The Bertz CT molecular complexity index is 899. The molecule has 7 nitrogen and oxygen atoms in total. The van der Waals surface area contributed by atoms with Crippen molar-refractivity contribution >= 4 is 23.7 Å². The highest BCUT2D eigenvalue weighted by Gasteiger charge is 2.26. The van der Waals surface area contributed by atoms with E-state index in [9.17, 15) is 9.59 Å². The molecule has 1 heterocycles. The third kappa shape index (κ3) is 4.73. The zero-order valence-electron chi connectivity index (χ0n) is 14.7. The number of carbonyl (C=O) groups excluding carboxylic acids is 2. The van der Waals surface area contributed by atoms with Crippen LogP contribution in [-0.2, 0) is 4.79 Å². The minimum Gasteiger partial charge on any atom is -0.338 e. The van der Waals surface area contributed by atoms with Crippen LogP contribution in [0.15, 0.2) is 72.1 Å². The summed E-state index contributed by atoms with van der Waals surface area (Å²) in [6.07, 6.45) is 1.60. The molecule has 1 aromatic heterocycles. The first-order valence-electron chi connectivity index (χ1n) is 8.44. The van der Waals surface area contributed by atoms with Crippen LogP contribution in [0.25, 0.3) is 5.69 Å². The molecule has 0 aliphatic carbocycles. The van der Waals surface area contributed by atoms with E-state index in [-0.39, 0.29) is 0 Å². The van der Waals surface area contributed by atoms with Gasteiger partial charge in [0.05, 0.1) is 0 Å². The Hall–Kier alpha value is -3.13. The lowest BCUT2D eigenvalue weighted by atomic mass is 10.1. The number of hydrogen-bond acceptors (Lipinski definition) is 5. The van der Waals surface area contributed by atoms with Gasteiger partial charge in [0.2, 0.25) is 5.91 Å². The van der Waals surface area contributed by atoms with Crippen LogP contribution < -0.4 is 10.6 Å². The molecule has 0 fully saturated rings. The Labute approximate surface area is 161 Å². The maximum Gasteiger partial charge on any atom is 0.321 e. The maximum atomic E-state index is 12.8. The van der Waals surface area contributed by atoms with Crippen LogP contribution in [0.2, 0.25) is 0 Å². The number of thioether (sulfide) groups is 1. The summed E-state index contributed by atoms with van der Waals surface area (Å²) in [4.78, 5) is 24.5. The largest absolute Gasteiger partial charge is 0.338 e. The van der Waals surface area contributed by atoms with Gasteiger partial charge in [-0.3, -0.25) is 14.7 Å². The zero-order valence-corrected chi connectivity index (χ0v) is 15.5. The third-order valence-electron chi connectivity index (χ3n) is 3.69. The summed E-state index contributed by atoms with van der Waals surface area (Å²) >= 11 is 1.24. The second-order valence-electron chi connectivity index (χ2n) is 5.58. The van der Waals surface area contributed by atoms with Gasteiger partial charge in [0.25, 0.3) is 0 Å². The fourth-order valence-corrected chi connectivity index (χ4v) is 3.49. The molecule has 138 valence electrons. The summed E-state index contributed by atoms with van der Waals surface area (Å²) in [7, 11) is 0. The van der Waals surface area contributed by atoms with Crippen molar-refractivity contribution in [3.05, 3.63) is 72.6 Å². The van der Waals surface area contributed by atoms with Crippen LogP contribution in [0.4, 0.5) is 4.79 Å². The molecule has 0 spiro atoms. The Kier molecular flexibility index (Phi) is 6.22. The third-order valence-corrected chi connectivity index (χ3v) is 4.90. The van der Waals surface area contributed by atoms with Gasteiger partial charge in [-0.25, -0.2) is 4.79 Å². The molecule has 2 aromatic carbocycles. The number of urea groups is 1. The van der Waals surface area contributed by atoms with E-state index in [1.165, 1.54) is 11.8 Å². The van der Waals surface area contributed by atoms with E-state index in [1.807, 2.05) is 60.7 Å². The molecule has 8 heteroatoms. The lowest BCUT2D eigenvalue weighted by Crippen LogP contribution is -2.41. The summed E-state index contributed by atoms with van der Waals surface area (Å²) in [6.45, 7) is 2.22. The van der Waals surface area contributed by atoms with E-state index in [0.29, 0.717) is 11.7 Å². The molecule has 3 aromatic rings. The van der Waals surface area contributed by atoms with Crippen molar-refractivity contribution in [2.24, 2.45) is 0 Å². The van der Waals surface area contributed by atoms with Gasteiger partial charge in [-0.1, -0.05) is 60.3 Å². The van der Waals surface area contributed by atoms with Gasteiger partial charge < -0.3 is 5.32 Å². The normalized spacial score (nSPS) is 11.6. The molecule has 0 bridgehead atoms. The maximum absolute atomic E-state index is 12.8. The number of hydrogen-bond donors (Lipinski definition) is 2. The SMILES string of the molecule is CCNC(=O)NC(=O)[C@H](Sc1nncn1-c1ccccc1)c1ccccc1. The van der Waals surface area contributed by atoms with Gasteiger partial charge in [0, 0.05) is 12.2 Å². The molecule has 0 radical (unpaired) electrons. The van der Waals surface area contributed by atoms with E-state index in [2.05, 4.69) is 20.8 Å². The Morgan fingerprint density at radius 1 is 1.07 bits per heavy atom. The van der Waals surface area contributed by atoms with Crippen molar-refractivity contribution in [2.45, 2.75) is 17.3 Å². The van der Waals surface area contributed by atoms with Crippen LogP contribution >= 0.6 is 11.8 Å². The number of imide groups is 1. The van der Waals surface area contributed by atoms with Crippen molar-refractivity contribution in [3.8, 4) is 5.69 Å². The van der Waals surface area contributed by atoms with Crippen molar-refractivity contribution in [1.82, 2.24) is 25.4 Å². The minimum atomic E-state index is -0.652. The molecular weight excluding hydrogens is 362 g/mol. The van der Waals surface area contributed by atoms with Crippen LogP contribution in [0.5, 0.6) is 0 Å². The van der Waals surface area contributed by atoms with Crippen LogP contribution in [0, 0.1) is 0 Å². The number of benzene rings is 2. The zero-order chi connectivity index (χ0) is 19.1. The average Bonchev–Trinajstić information content (AvgIpc) is 3.16.